The fourth-order valence-electron chi connectivity index (χ4n) is 1.04. The molecule has 13 heavy (non-hydrogen) atoms. The van der Waals surface area contributed by atoms with Gasteiger partial charge >= 0.3 is 0 Å². The number of carbonyl (C=O) groups is 1. The lowest BCUT2D eigenvalue weighted by atomic mass is 10.0. The molecule has 0 fully saturated rings. The first kappa shape index (κ1) is 9.48. The predicted molar refractivity (Wildman–Crippen MR) is 52.1 cm³/mol. The first-order chi connectivity index (χ1) is 6.15. The second-order valence-corrected chi connectivity index (χ2v) is 2.75. The van der Waals surface area contributed by atoms with Crippen molar-refractivity contribution in [1.82, 2.24) is 0 Å². The summed E-state index contributed by atoms with van der Waals surface area (Å²) in [5, 5.41) is 0. The van der Waals surface area contributed by atoms with Crippen LogP contribution in [0.25, 0.3) is 0 Å². The average Bonchev–Trinajstić information content (AvgIpc) is 2.17. The first-order valence-electron chi connectivity index (χ1n) is 3.93. The van der Waals surface area contributed by atoms with Crippen molar-refractivity contribution in [2.75, 3.05) is 0 Å². The Balaban J connectivity index is 3.04. The third-order valence-electron chi connectivity index (χ3n) is 1.81. The number of hydrogen-bond donors (Lipinski definition) is 2. The lowest BCUT2D eigenvalue weighted by Gasteiger charge is -2.06. The quantitative estimate of drug-likeness (QED) is 0.674. The molecule has 1 aromatic carbocycles. The Hall–Kier alpha value is -1.61. The molecule has 0 saturated carbocycles. The molecule has 0 saturated heterocycles. The highest BCUT2D eigenvalue weighted by Crippen LogP contribution is 2.12. The topological polar surface area (TPSA) is 69.1 Å². The standard InChI is InChI=1S/C10H12N2O/c1-2-9(11)7-4-3-5-8(6-7)10(12)13/h2-6,9H,1,11H2,(H2,12,13)/t9-/m1/s1. The van der Waals surface area contributed by atoms with E-state index in [1.165, 1.54) is 0 Å². The SMILES string of the molecule is C=C[C@@H](N)c1cccc(C(N)=O)c1. The van der Waals surface area contributed by atoms with Crippen molar-refractivity contribution < 1.29 is 4.79 Å². The molecule has 1 aromatic rings. The van der Waals surface area contributed by atoms with Crippen molar-refractivity contribution >= 4 is 5.91 Å². The van der Waals surface area contributed by atoms with Crippen molar-refractivity contribution in [3.8, 4) is 0 Å². The molecule has 0 aliphatic heterocycles. The molecule has 1 amide bonds. The van der Waals surface area contributed by atoms with Gasteiger partial charge in [-0.05, 0) is 17.7 Å². The largest absolute Gasteiger partial charge is 0.366 e. The van der Waals surface area contributed by atoms with E-state index in [-0.39, 0.29) is 6.04 Å². The Morgan fingerprint density at radius 3 is 2.77 bits per heavy atom. The van der Waals surface area contributed by atoms with Gasteiger partial charge in [-0.15, -0.1) is 6.58 Å². The molecule has 1 rings (SSSR count). The number of benzene rings is 1. The fraction of sp³-hybridized carbons (Fsp3) is 0.100. The molecule has 0 heterocycles. The minimum Gasteiger partial charge on any atom is -0.366 e. The van der Waals surface area contributed by atoms with Crippen LogP contribution in [0.2, 0.25) is 0 Å². The normalized spacial score (nSPS) is 12.1. The van der Waals surface area contributed by atoms with Gasteiger partial charge in [-0.3, -0.25) is 4.79 Å². The van der Waals surface area contributed by atoms with E-state index in [2.05, 4.69) is 6.58 Å². The Morgan fingerprint density at radius 2 is 2.23 bits per heavy atom. The van der Waals surface area contributed by atoms with Crippen LogP contribution in [-0.2, 0) is 0 Å². The van der Waals surface area contributed by atoms with Crippen LogP contribution >= 0.6 is 0 Å². The van der Waals surface area contributed by atoms with Gasteiger partial charge in [-0.25, -0.2) is 0 Å². The van der Waals surface area contributed by atoms with Crippen LogP contribution in [0.3, 0.4) is 0 Å². The van der Waals surface area contributed by atoms with Gasteiger partial charge < -0.3 is 11.5 Å². The van der Waals surface area contributed by atoms with Gasteiger partial charge in [0.1, 0.15) is 0 Å². The molecule has 68 valence electrons. The second kappa shape index (κ2) is 3.87. The molecule has 0 radical (unpaired) electrons. The Morgan fingerprint density at radius 1 is 1.54 bits per heavy atom. The van der Waals surface area contributed by atoms with Crippen LogP contribution < -0.4 is 11.5 Å². The van der Waals surface area contributed by atoms with Gasteiger partial charge in [0, 0.05) is 11.6 Å². The highest BCUT2D eigenvalue weighted by Gasteiger charge is 2.04. The maximum atomic E-state index is 10.8. The van der Waals surface area contributed by atoms with Gasteiger partial charge in [0.15, 0.2) is 0 Å². The van der Waals surface area contributed by atoms with E-state index in [4.69, 9.17) is 11.5 Å². The van der Waals surface area contributed by atoms with Gasteiger partial charge in [0.25, 0.3) is 0 Å². The summed E-state index contributed by atoms with van der Waals surface area (Å²) in [7, 11) is 0. The Labute approximate surface area is 77.0 Å². The summed E-state index contributed by atoms with van der Waals surface area (Å²) in [4.78, 5) is 10.8. The molecule has 0 unspecified atom stereocenters. The Bertz CT molecular complexity index is 333. The van der Waals surface area contributed by atoms with Crippen LogP contribution in [0.15, 0.2) is 36.9 Å². The van der Waals surface area contributed by atoms with Crippen LogP contribution in [0.4, 0.5) is 0 Å². The van der Waals surface area contributed by atoms with Crippen LogP contribution in [0.5, 0.6) is 0 Å². The van der Waals surface area contributed by atoms with Gasteiger partial charge in [-0.2, -0.15) is 0 Å². The molecule has 0 aliphatic rings. The van der Waals surface area contributed by atoms with E-state index in [9.17, 15) is 4.79 Å². The second-order valence-electron chi connectivity index (χ2n) is 2.75. The summed E-state index contributed by atoms with van der Waals surface area (Å²) < 4.78 is 0. The minimum atomic E-state index is -0.446. The average molecular weight is 176 g/mol. The minimum absolute atomic E-state index is 0.251. The van der Waals surface area contributed by atoms with Gasteiger partial charge in [0.2, 0.25) is 5.91 Å². The number of hydrogen-bond acceptors (Lipinski definition) is 2. The molecule has 4 N–H and O–H groups in total. The monoisotopic (exact) mass is 176 g/mol. The summed E-state index contributed by atoms with van der Waals surface area (Å²) in [5.74, 6) is -0.446. The van der Waals surface area contributed by atoms with Gasteiger partial charge in [0.05, 0.1) is 0 Å². The van der Waals surface area contributed by atoms with E-state index in [0.29, 0.717) is 5.56 Å². The smallest absolute Gasteiger partial charge is 0.248 e. The summed E-state index contributed by atoms with van der Waals surface area (Å²) in [5.41, 5.74) is 12.1. The summed E-state index contributed by atoms with van der Waals surface area (Å²) >= 11 is 0. The third kappa shape index (κ3) is 2.16. The summed E-state index contributed by atoms with van der Waals surface area (Å²) in [6, 6.07) is 6.66. The van der Waals surface area contributed by atoms with Crippen molar-refractivity contribution in [2.45, 2.75) is 6.04 Å². The maximum Gasteiger partial charge on any atom is 0.248 e. The van der Waals surface area contributed by atoms with E-state index in [1.54, 1.807) is 24.3 Å². The van der Waals surface area contributed by atoms with Crippen LogP contribution in [-0.4, -0.2) is 5.91 Å². The molecular formula is C10H12N2O. The first-order valence-corrected chi connectivity index (χ1v) is 3.93. The van der Waals surface area contributed by atoms with Crippen LogP contribution in [0.1, 0.15) is 22.0 Å². The molecular weight excluding hydrogens is 164 g/mol. The Kier molecular flexibility index (Phi) is 2.82. The van der Waals surface area contributed by atoms with E-state index in [0.717, 1.165) is 5.56 Å². The number of nitrogens with two attached hydrogens (primary N) is 2. The number of rotatable bonds is 3. The summed E-state index contributed by atoms with van der Waals surface area (Å²) in [6.45, 7) is 3.57. The molecule has 0 aliphatic carbocycles. The van der Waals surface area contributed by atoms with Crippen molar-refractivity contribution in [2.24, 2.45) is 11.5 Å². The van der Waals surface area contributed by atoms with Crippen molar-refractivity contribution in [3.05, 3.63) is 48.0 Å². The zero-order chi connectivity index (χ0) is 9.84. The molecule has 3 heteroatoms. The third-order valence-corrected chi connectivity index (χ3v) is 1.81. The maximum absolute atomic E-state index is 10.8. The summed E-state index contributed by atoms with van der Waals surface area (Å²) in [6.07, 6.45) is 1.61. The number of primary amides is 1. The fourth-order valence-corrected chi connectivity index (χ4v) is 1.04. The highest BCUT2D eigenvalue weighted by molar-refractivity contribution is 5.92. The van der Waals surface area contributed by atoms with Crippen molar-refractivity contribution in [1.29, 1.82) is 0 Å². The molecule has 0 spiro atoms. The number of carbonyl (C=O) groups excluding carboxylic acids is 1. The zero-order valence-corrected chi connectivity index (χ0v) is 7.23. The van der Waals surface area contributed by atoms with E-state index in [1.807, 2.05) is 6.07 Å². The molecule has 0 bridgehead atoms. The van der Waals surface area contributed by atoms with Crippen LogP contribution in [0, 0.1) is 0 Å². The highest BCUT2D eigenvalue weighted by atomic mass is 16.1. The lowest BCUT2D eigenvalue weighted by Crippen LogP contribution is -2.13. The van der Waals surface area contributed by atoms with E-state index < -0.39 is 5.91 Å². The predicted octanol–water partition coefficient (Wildman–Crippen LogP) is 0.971. The van der Waals surface area contributed by atoms with E-state index >= 15 is 0 Å². The lowest BCUT2D eigenvalue weighted by molar-refractivity contribution is 0.1000. The number of amides is 1. The molecule has 1 atom stereocenters. The molecule has 0 aromatic heterocycles. The molecule has 3 nitrogen and oxygen atoms in total. The van der Waals surface area contributed by atoms with Gasteiger partial charge in [-0.1, -0.05) is 18.2 Å². The van der Waals surface area contributed by atoms with Crippen molar-refractivity contribution in [3.63, 3.8) is 0 Å². The zero-order valence-electron chi connectivity index (χ0n) is 7.23.